The van der Waals surface area contributed by atoms with Crippen molar-refractivity contribution in [3.8, 4) is 5.88 Å². The number of amides is 1. The number of alkyl halides is 3. The van der Waals surface area contributed by atoms with Crippen molar-refractivity contribution in [3.05, 3.63) is 23.9 Å². The number of ether oxygens (including phenoxy) is 2. The molecule has 1 aromatic heterocycles. The summed E-state index contributed by atoms with van der Waals surface area (Å²) in [5.41, 5.74) is -0.0558. The first-order chi connectivity index (χ1) is 9.33. The van der Waals surface area contributed by atoms with E-state index in [9.17, 15) is 18.0 Å². The SMILES string of the molecule is COCC(C)NC(=O)c1cccnc1OCC(F)(F)F. The van der Waals surface area contributed by atoms with Crippen molar-refractivity contribution in [1.82, 2.24) is 10.3 Å². The van der Waals surface area contributed by atoms with Gasteiger partial charge in [-0.15, -0.1) is 0 Å². The summed E-state index contributed by atoms with van der Waals surface area (Å²) in [6, 6.07) is 2.49. The van der Waals surface area contributed by atoms with Crippen LogP contribution in [0.15, 0.2) is 18.3 Å². The van der Waals surface area contributed by atoms with Crippen LogP contribution in [0, 0.1) is 0 Å². The van der Waals surface area contributed by atoms with Gasteiger partial charge in [0.05, 0.1) is 6.61 Å². The average Bonchev–Trinajstić information content (AvgIpc) is 2.36. The minimum Gasteiger partial charge on any atom is -0.467 e. The highest BCUT2D eigenvalue weighted by atomic mass is 19.4. The molecule has 112 valence electrons. The third-order valence-electron chi connectivity index (χ3n) is 2.18. The van der Waals surface area contributed by atoms with Gasteiger partial charge in [-0.05, 0) is 19.1 Å². The van der Waals surface area contributed by atoms with Gasteiger partial charge in [-0.25, -0.2) is 4.98 Å². The van der Waals surface area contributed by atoms with Crippen molar-refractivity contribution in [1.29, 1.82) is 0 Å². The Kier molecular flexibility index (Phi) is 5.75. The van der Waals surface area contributed by atoms with Crippen LogP contribution in [-0.2, 0) is 4.74 Å². The van der Waals surface area contributed by atoms with Gasteiger partial charge >= 0.3 is 6.18 Å². The molecule has 1 unspecified atom stereocenters. The van der Waals surface area contributed by atoms with E-state index >= 15 is 0 Å². The fourth-order valence-corrected chi connectivity index (χ4v) is 1.42. The van der Waals surface area contributed by atoms with E-state index in [0.29, 0.717) is 0 Å². The lowest BCUT2D eigenvalue weighted by atomic mass is 10.2. The molecule has 8 heteroatoms. The fraction of sp³-hybridized carbons (Fsp3) is 0.500. The molecule has 0 aliphatic heterocycles. The van der Waals surface area contributed by atoms with Gasteiger partial charge in [0.2, 0.25) is 5.88 Å². The first-order valence-electron chi connectivity index (χ1n) is 5.78. The van der Waals surface area contributed by atoms with Crippen LogP contribution in [0.25, 0.3) is 0 Å². The molecule has 1 aromatic rings. The number of carbonyl (C=O) groups is 1. The second kappa shape index (κ2) is 7.09. The lowest BCUT2D eigenvalue weighted by molar-refractivity contribution is -0.154. The number of nitrogens with one attached hydrogen (secondary N) is 1. The molecule has 0 saturated carbocycles. The molecule has 0 bridgehead atoms. The van der Waals surface area contributed by atoms with Crippen LogP contribution >= 0.6 is 0 Å². The summed E-state index contributed by atoms with van der Waals surface area (Å²) >= 11 is 0. The van der Waals surface area contributed by atoms with Crippen molar-refractivity contribution in [2.75, 3.05) is 20.3 Å². The molecular weight excluding hydrogens is 277 g/mol. The Labute approximate surface area is 114 Å². The molecule has 5 nitrogen and oxygen atoms in total. The largest absolute Gasteiger partial charge is 0.467 e. The number of hydrogen-bond donors (Lipinski definition) is 1. The smallest absolute Gasteiger partial charge is 0.422 e. The van der Waals surface area contributed by atoms with E-state index in [2.05, 4.69) is 15.0 Å². The minimum absolute atomic E-state index is 0.0558. The summed E-state index contributed by atoms with van der Waals surface area (Å²) in [5, 5.41) is 2.57. The molecule has 0 fully saturated rings. The van der Waals surface area contributed by atoms with Gasteiger partial charge in [0.25, 0.3) is 5.91 Å². The van der Waals surface area contributed by atoms with Gasteiger partial charge in [0.1, 0.15) is 5.56 Å². The average molecular weight is 292 g/mol. The number of aromatic nitrogens is 1. The third kappa shape index (κ3) is 5.43. The molecule has 0 aliphatic carbocycles. The van der Waals surface area contributed by atoms with E-state index < -0.39 is 18.7 Å². The predicted octanol–water partition coefficient (Wildman–Crippen LogP) is 1.79. The Morgan fingerprint density at radius 3 is 2.80 bits per heavy atom. The van der Waals surface area contributed by atoms with Crippen LogP contribution in [0.5, 0.6) is 5.88 Å². The molecule has 20 heavy (non-hydrogen) atoms. The van der Waals surface area contributed by atoms with E-state index in [1.807, 2.05) is 0 Å². The van der Waals surface area contributed by atoms with Crippen LogP contribution in [0.4, 0.5) is 13.2 Å². The highest BCUT2D eigenvalue weighted by Gasteiger charge is 2.29. The lowest BCUT2D eigenvalue weighted by Gasteiger charge is -2.15. The summed E-state index contributed by atoms with van der Waals surface area (Å²) in [6.45, 7) is 0.483. The topological polar surface area (TPSA) is 60.5 Å². The molecule has 0 aliphatic rings. The van der Waals surface area contributed by atoms with Gasteiger partial charge in [0.15, 0.2) is 6.61 Å². The number of carbonyl (C=O) groups excluding carboxylic acids is 1. The minimum atomic E-state index is -4.49. The quantitative estimate of drug-likeness (QED) is 0.868. The lowest BCUT2D eigenvalue weighted by Crippen LogP contribution is -2.36. The summed E-state index contributed by atoms with van der Waals surface area (Å²) in [6.07, 6.45) is -3.24. The summed E-state index contributed by atoms with van der Waals surface area (Å²) in [4.78, 5) is 15.5. The Bertz CT molecular complexity index is 452. The van der Waals surface area contributed by atoms with E-state index in [-0.39, 0.29) is 24.1 Å². The number of pyridine rings is 1. The number of nitrogens with zero attached hydrogens (tertiary/aromatic N) is 1. The monoisotopic (exact) mass is 292 g/mol. The Morgan fingerprint density at radius 1 is 1.50 bits per heavy atom. The Balaban J connectivity index is 2.76. The number of halogens is 3. The van der Waals surface area contributed by atoms with E-state index in [1.165, 1.54) is 25.4 Å². The number of methoxy groups -OCH3 is 1. The van der Waals surface area contributed by atoms with Gasteiger partial charge in [-0.3, -0.25) is 4.79 Å². The van der Waals surface area contributed by atoms with E-state index in [0.717, 1.165) is 0 Å². The van der Waals surface area contributed by atoms with Crippen LogP contribution in [0.1, 0.15) is 17.3 Å². The zero-order valence-corrected chi connectivity index (χ0v) is 11.0. The number of hydrogen-bond acceptors (Lipinski definition) is 4. The maximum Gasteiger partial charge on any atom is 0.422 e. The van der Waals surface area contributed by atoms with E-state index in [4.69, 9.17) is 4.74 Å². The van der Waals surface area contributed by atoms with Crippen molar-refractivity contribution in [2.24, 2.45) is 0 Å². The maximum atomic E-state index is 12.1. The van der Waals surface area contributed by atoms with Crippen LogP contribution < -0.4 is 10.1 Å². The van der Waals surface area contributed by atoms with Crippen molar-refractivity contribution in [3.63, 3.8) is 0 Å². The Morgan fingerprint density at radius 2 is 2.20 bits per heavy atom. The molecule has 1 rings (SSSR count). The van der Waals surface area contributed by atoms with Crippen molar-refractivity contribution in [2.45, 2.75) is 19.1 Å². The Hall–Kier alpha value is -1.83. The number of rotatable bonds is 6. The van der Waals surface area contributed by atoms with Crippen molar-refractivity contribution < 1.29 is 27.4 Å². The van der Waals surface area contributed by atoms with Gasteiger partial charge in [-0.1, -0.05) is 0 Å². The second-order valence-corrected chi connectivity index (χ2v) is 4.09. The zero-order chi connectivity index (χ0) is 15.2. The highest BCUT2D eigenvalue weighted by molar-refractivity contribution is 5.96. The van der Waals surface area contributed by atoms with Gasteiger partial charge < -0.3 is 14.8 Å². The van der Waals surface area contributed by atoms with Crippen LogP contribution in [0.3, 0.4) is 0 Å². The molecule has 1 amide bonds. The molecule has 0 saturated heterocycles. The fourth-order valence-electron chi connectivity index (χ4n) is 1.42. The molecule has 1 N–H and O–H groups in total. The van der Waals surface area contributed by atoms with Gasteiger partial charge in [0, 0.05) is 19.3 Å². The molecule has 1 heterocycles. The first-order valence-corrected chi connectivity index (χ1v) is 5.78. The molecule has 0 radical (unpaired) electrons. The molecule has 0 spiro atoms. The first kappa shape index (κ1) is 16.2. The molecule has 0 aromatic carbocycles. The van der Waals surface area contributed by atoms with Gasteiger partial charge in [-0.2, -0.15) is 13.2 Å². The summed E-state index contributed by atoms with van der Waals surface area (Å²) in [7, 11) is 1.48. The van der Waals surface area contributed by atoms with Crippen LogP contribution in [-0.4, -0.2) is 43.4 Å². The van der Waals surface area contributed by atoms with Crippen molar-refractivity contribution >= 4 is 5.91 Å². The molecule has 1 atom stereocenters. The zero-order valence-electron chi connectivity index (χ0n) is 11.0. The summed E-state index contributed by atoms with van der Waals surface area (Å²) < 4.78 is 45.7. The predicted molar refractivity (Wildman–Crippen MR) is 64.6 cm³/mol. The highest BCUT2D eigenvalue weighted by Crippen LogP contribution is 2.19. The third-order valence-corrected chi connectivity index (χ3v) is 2.18. The summed E-state index contributed by atoms with van der Waals surface area (Å²) in [5.74, 6) is -0.924. The standard InChI is InChI=1S/C12H15F3N2O3/c1-8(6-19-2)17-10(18)9-4-3-5-16-11(9)20-7-12(13,14)15/h3-5,8H,6-7H2,1-2H3,(H,17,18). The van der Waals surface area contributed by atoms with Crippen LogP contribution in [0.2, 0.25) is 0 Å². The second-order valence-electron chi connectivity index (χ2n) is 4.09. The maximum absolute atomic E-state index is 12.1. The molecular formula is C12H15F3N2O3. The normalized spacial score (nSPS) is 12.8. The van der Waals surface area contributed by atoms with E-state index in [1.54, 1.807) is 6.92 Å².